The van der Waals surface area contributed by atoms with Crippen LogP contribution in [0.1, 0.15) is 28.9 Å². The first kappa shape index (κ1) is 14.7. The molecule has 0 radical (unpaired) electrons. The molecule has 2 rings (SSSR count). The van der Waals surface area contributed by atoms with Crippen LogP contribution in [0.15, 0.2) is 54.9 Å². The van der Waals surface area contributed by atoms with Crippen molar-refractivity contribution in [1.29, 1.82) is 0 Å². The van der Waals surface area contributed by atoms with Crippen molar-refractivity contribution in [2.45, 2.75) is 13.0 Å². The lowest BCUT2D eigenvalue weighted by molar-refractivity contribution is -0.142. The molecule has 5 heteroatoms. The molecule has 0 bridgehead atoms. The van der Waals surface area contributed by atoms with Crippen LogP contribution in [-0.4, -0.2) is 22.0 Å². The molecule has 0 saturated carbocycles. The number of aliphatic carboxylic acids is 1. The maximum absolute atomic E-state index is 12.2. The Morgan fingerprint density at radius 2 is 1.86 bits per heavy atom. The van der Waals surface area contributed by atoms with Crippen LogP contribution in [0.3, 0.4) is 0 Å². The highest BCUT2D eigenvalue weighted by Gasteiger charge is 2.27. The van der Waals surface area contributed by atoms with Crippen LogP contribution in [-0.2, 0) is 4.79 Å². The summed E-state index contributed by atoms with van der Waals surface area (Å²) in [6, 6.07) is 11.8. The maximum atomic E-state index is 12.2. The van der Waals surface area contributed by atoms with Crippen LogP contribution < -0.4 is 5.32 Å². The number of nitrogens with zero attached hydrogens (tertiary/aromatic N) is 1. The molecule has 2 N–H and O–H groups in total. The van der Waals surface area contributed by atoms with Gasteiger partial charge in [-0.1, -0.05) is 30.3 Å². The Kier molecular flexibility index (Phi) is 4.66. The maximum Gasteiger partial charge on any atom is 0.308 e. The third kappa shape index (κ3) is 3.66. The number of benzene rings is 1. The lowest BCUT2D eigenvalue weighted by Gasteiger charge is -2.23. The molecule has 108 valence electrons. The Hall–Kier alpha value is -2.69. The molecule has 2 atom stereocenters. The normalized spacial score (nSPS) is 13.2. The van der Waals surface area contributed by atoms with E-state index in [4.69, 9.17) is 0 Å². The number of carboxylic acids is 1. The van der Waals surface area contributed by atoms with Gasteiger partial charge in [0.05, 0.1) is 17.5 Å². The number of carbonyl (C=O) groups excluding carboxylic acids is 1. The van der Waals surface area contributed by atoms with Crippen molar-refractivity contribution < 1.29 is 14.7 Å². The van der Waals surface area contributed by atoms with Crippen LogP contribution >= 0.6 is 0 Å². The van der Waals surface area contributed by atoms with Crippen molar-refractivity contribution in [2.75, 3.05) is 0 Å². The van der Waals surface area contributed by atoms with E-state index in [0.29, 0.717) is 5.56 Å². The standard InChI is InChI=1S/C16H16N2O3/c1-11(16(20)21)14(12-6-3-2-4-7-12)18-15(19)13-8-5-9-17-10-13/h2-11,14H,1H3,(H,18,19)(H,20,21)/t11-,14+/m1/s1. The summed E-state index contributed by atoms with van der Waals surface area (Å²) in [5, 5.41) is 12.0. The summed E-state index contributed by atoms with van der Waals surface area (Å²) < 4.78 is 0. The minimum atomic E-state index is -0.963. The monoisotopic (exact) mass is 284 g/mol. The Labute approximate surface area is 122 Å². The van der Waals surface area contributed by atoms with Gasteiger partial charge in [-0.3, -0.25) is 14.6 Å². The quantitative estimate of drug-likeness (QED) is 0.882. The zero-order valence-corrected chi connectivity index (χ0v) is 11.6. The topological polar surface area (TPSA) is 79.3 Å². The first-order chi connectivity index (χ1) is 10.1. The number of aromatic nitrogens is 1. The van der Waals surface area contributed by atoms with E-state index in [9.17, 15) is 14.7 Å². The largest absolute Gasteiger partial charge is 0.481 e. The van der Waals surface area contributed by atoms with E-state index in [0.717, 1.165) is 5.56 Å². The van der Waals surface area contributed by atoms with E-state index in [1.165, 1.54) is 6.20 Å². The van der Waals surface area contributed by atoms with Gasteiger partial charge in [0.25, 0.3) is 5.91 Å². The van der Waals surface area contributed by atoms with Crippen LogP contribution in [0, 0.1) is 5.92 Å². The number of rotatable bonds is 5. The Balaban J connectivity index is 2.25. The number of nitrogens with one attached hydrogen (secondary N) is 1. The molecule has 1 heterocycles. The summed E-state index contributed by atoms with van der Waals surface area (Å²) in [6.07, 6.45) is 3.02. The zero-order chi connectivity index (χ0) is 15.2. The van der Waals surface area contributed by atoms with E-state index < -0.39 is 17.9 Å². The van der Waals surface area contributed by atoms with Gasteiger partial charge >= 0.3 is 5.97 Å². The molecular formula is C16H16N2O3. The third-order valence-corrected chi connectivity index (χ3v) is 3.26. The number of carbonyl (C=O) groups is 2. The summed E-state index contributed by atoms with van der Waals surface area (Å²) in [5.74, 6) is -2.05. The van der Waals surface area contributed by atoms with Crippen molar-refractivity contribution in [3.05, 3.63) is 66.0 Å². The Bertz CT molecular complexity index is 614. The second-order valence-electron chi connectivity index (χ2n) is 4.73. The molecule has 0 aliphatic rings. The summed E-state index contributed by atoms with van der Waals surface area (Å²) in [4.78, 5) is 27.4. The second kappa shape index (κ2) is 6.65. The van der Waals surface area contributed by atoms with Crippen molar-refractivity contribution in [1.82, 2.24) is 10.3 Å². The summed E-state index contributed by atoms with van der Waals surface area (Å²) in [5.41, 5.74) is 1.15. The molecule has 5 nitrogen and oxygen atoms in total. The molecule has 1 aromatic heterocycles. The summed E-state index contributed by atoms with van der Waals surface area (Å²) >= 11 is 0. The van der Waals surface area contributed by atoms with Crippen molar-refractivity contribution in [3.63, 3.8) is 0 Å². The van der Waals surface area contributed by atoms with Gasteiger partial charge in [-0.05, 0) is 24.6 Å². The van der Waals surface area contributed by atoms with Crippen LogP contribution in [0.4, 0.5) is 0 Å². The smallest absolute Gasteiger partial charge is 0.308 e. The highest BCUT2D eigenvalue weighted by atomic mass is 16.4. The first-order valence-electron chi connectivity index (χ1n) is 6.58. The van der Waals surface area contributed by atoms with Gasteiger partial charge in [0, 0.05) is 12.4 Å². The minimum Gasteiger partial charge on any atom is -0.481 e. The Morgan fingerprint density at radius 1 is 1.14 bits per heavy atom. The predicted octanol–water partition coefficient (Wildman–Crippen LogP) is 2.27. The molecular weight excluding hydrogens is 268 g/mol. The van der Waals surface area contributed by atoms with Gasteiger partial charge in [-0.25, -0.2) is 0 Å². The van der Waals surface area contributed by atoms with Gasteiger partial charge < -0.3 is 10.4 Å². The molecule has 0 unspecified atom stereocenters. The molecule has 0 saturated heterocycles. The minimum absolute atomic E-state index is 0.343. The van der Waals surface area contributed by atoms with Crippen LogP contribution in [0.5, 0.6) is 0 Å². The Morgan fingerprint density at radius 3 is 2.43 bits per heavy atom. The van der Waals surface area contributed by atoms with Crippen LogP contribution in [0.25, 0.3) is 0 Å². The number of pyridine rings is 1. The lowest BCUT2D eigenvalue weighted by atomic mass is 9.94. The average Bonchev–Trinajstić information content (AvgIpc) is 2.53. The lowest BCUT2D eigenvalue weighted by Crippen LogP contribution is -2.35. The van der Waals surface area contributed by atoms with Gasteiger partial charge in [0.1, 0.15) is 0 Å². The van der Waals surface area contributed by atoms with Gasteiger partial charge in [0.15, 0.2) is 0 Å². The highest BCUT2D eigenvalue weighted by Crippen LogP contribution is 2.22. The van der Waals surface area contributed by atoms with Crippen molar-refractivity contribution in [2.24, 2.45) is 5.92 Å². The highest BCUT2D eigenvalue weighted by molar-refractivity contribution is 5.94. The summed E-state index contributed by atoms with van der Waals surface area (Å²) in [7, 11) is 0. The first-order valence-corrected chi connectivity index (χ1v) is 6.58. The zero-order valence-electron chi connectivity index (χ0n) is 11.6. The second-order valence-corrected chi connectivity index (χ2v) is 4.73. The van der Waals surface area contributed by atoms with Crippen molar-refractivity contribution in [3.8, 4) is 0 Å². The average molecular weight is 284 g/mol. The van der Waals surface area contributed by atoms with Gasteiger partial charge in [-0.2, -0.15) is 0 Å². The van der Waals surface area contributed by atoms with Gasteiger partial charge in [-0.15, -0.1) is 0 Å². The number of hydrogen-bond acceptors (Lipinski definition) is 3. The fourth-order valence-electron chi connectivity index (χ4n) is 2.02. The molecule has 21 heavy (non-hydrogen) atoms. The summed E-state index contributed by atoms with van der Waals surface area (Å²) in [6.45, 7) is 1.57. The fraction of sp³-hybridized carbons (Fsp3) is 0.188. The molecule has 0 fully saturated rings. The van der Waals surface area contributed by atoms with E-state index >= 15 is 0 Å². The van der Waals surface area contributed by atoms with Crippen molar-refractivity contribution >= 4 is 11.9 Å². The molecule has 2 aromatic rings. The molecule has 1 amide bonds. The number of hydrogen-bond donors (Lipinski definition) is 2. The number of carboxylic acid groups (broad SMARTS) is 1. The molecule has 0 aliphatic heterocycles. The van der Waals surface area contributed by atoms with E-state index in [2.05, 4.69) is 10.3 Å². The molecule has 0 spiro atoms. The molecule has 1 aromatic carbocycles. The fourth-order valence-corrected chi connectivity index (χ4v) is 2.02. The van der Waals surface area contributed by atoms with Gasteiger partial charge in [0.2, 0.25) is 0 Å². The third-order valence-electron chi connectivity index (χ3n) is 3.26. The van der Waals surface area contributed by atoms with E-state index in [-0.39, 0.29) is 5.91 Å². The molecule has 0 aliphatic carbocycles. The SMILES string of the molecule is C[C@@H](C(=O)O)[C@H](NC(=O)c1cccnc1)c1ccccc1. The number of amides is 1. The van der Waals surface area contributed by atoms with E-state index in [1.54, 1.807) is 37.4 Å². The van der Waals surface area contributed by atoms with Crippen LogP contribution in [0.2, 0.25) is 0 Å². The predicted molar refractivity (Wildman–Crippen MR) is 77.7 cm³/mol. The van der Waals surface area contributed by atoms with E-state index in [1.807, 2.05) is 18.2 Å².